The average molecular weight is 436 g/mol. The molecule has 4 heteroatoms. The fourth-order valence-electron chi connectivity index (χ4n) is 4.54. The molecule has 0 aliphatic rings. The van der Waals surface area contributed by atoms with Crippen molar-refractivity contribution in [2.45, 2.75) is 5.41 Å². The van der Waals surface area contributed by atoms with Crippen molar-refractivity contribution in [2.24, 2.45) is 7.05 Å². The maximum absolute atomic E-state index is 7.08. The van der Waals surface area contributed by atoms with Gasteiger partial charge in [0.15, 0.2) is 0 Å². The highest BCUT2D eigenvalue weighted by atomic mass is 35.5. The van der Waals surface area contributed by atoms with Crippen molar-refractivity contribution in [1.29, 1.82) is 0 Å². The number of hydrogen-bond acceptors (Lipinski definition) is 2. The van der Waals surface area contributed by atoms with Crippen molar-refractivity contribution >= 4 is 11.6 Å². The lowest BCUT2D eigenvalue weighted by Crippen LogP contribution is -2.31. The molecule has 2 aromatic heterocycles. The third-order valence-electron chi connectivity index (χ3n) is 5.91. The molecule has 156 valence electrons. The van der Waals surface area contributed by atoms with Gasteiger partial charge in [-0.05, 0) is 28.8 Å². The Morgan fingerprint density at radius 1 is 0.688 bits per heavy atom. The third kappa shape index (κ3) is 3.22. The van der Waals surface area contributed by atoms with Crippen LogP contribution in [0, 0.1) is 0 Å². The number of aryl methyl sites for hydroxylation is 1. The summed E-state index contributed by atoms with van der Waals surface area (Å²) in [4.78, 5) is 4.35. The van der Waals surface area contributed by atoms with E-state index >= 15 is 0 Å². The second-order valence-corrected chi connectivity index (χ2v) is 8.09. The number of benzene rings is 3. The molecule has 3 aromatic carbocycles. The van der Waals surface area contributed by atoms with Gasteiger partial charge in [0.05, 0.1) is 5.41 Å². The first-order valence-corrected chi connectivity index (χ1v) is 10.9. The number of rotatable bonds is 5. The predicted octanol–water partition coefficient (Wildman–Crippen LogP) is 6.52. The van der Waals surface area contributed by atoms with Crippen LogP contribution < -0.4 is 0 Å². The van der Waals surface area contributed by atoms with E-state index in [0.717, 1.165) is 33.5 Å². The smallest absolute Gasteiger partial charge is 0.132 e. The van der Waals surface area contributed by atoms with E-state index in [1.807, 2.05) is 43.6 Å². The largest absolute Gasteiger partial charge is 0.264 e. The highest BCUT2D eigenvalue weighted by molar-refractivity contribution is 6.31. The first-order chi connectivity index (χ1) is 15.7. The minimum absolute atomic E-state index is 0.598. The molecule has 0 N–H and O–H groups in total. The van der Waals surface area contributed by atoms with Gasteiger partial charge in [-0.3, -0.25) is 9.67 Å². The third-order valence-corrected chi connectivity index (χ3v) is 6.34. The molecule has 0 fully saturated rings. The van der Waals surface area contributed by atoms with Gasteiger partial charge in [0.1, 0.15) is 10.8 Å². The second-order valence-electron chi connectivity index (χ2n) is 7.73. The molecule has 5 rings (SSSR count). The maximum Gasteiger partial charge on any atom is 0.132 e. The van der Waals surface area contributed by atoms with Crippen LogP contribution in [0.25, 0.3) is 11.3 Å². The van der Waals surface area contributed by atoms with E-state index in [1.165, 1.54) is 0 Å². The minimum Gasteiger partial charge on any atom is -0.264 e. The molecule has 3 nitrogen and oxygen atoms in total. The van der Waals surface area contributed by atoms with E-state index in [0.29, 0.717) is 5.15 Å². The Morgan fingerprint density at radius 2 is 1.19 bits per heavy atom. The first-order valence-electron chi connectivity index (χ1n) is 10.5. The Kier molecular flexibility index (Phi) is 5.34. The lowest BCUT2D eigenvalue weighted by molar-refractivity contribution is 0.737. The van der Waals surface area contributed by atoms with Crippen molar-refractivity contribution < 1.29 is 0 Å². The molecular weight excluding hydrogens is 414 g/mol. The molecule has 0 aliphatic heterocycles. The normalized spacial score (nSPS) is 11.4. The molecule has 0 atom stereocenters. The van der Waals surface area contributed by atoms with Crippen LogP contribution in [0.4, 0.5) is 0 Å². The Labute approximate surface area is 193 Å². The molecule has 0 amide bonds. The van der Waals surface area contributed by atoms with Gasteiger partial charge in [-0.1, -0.05) is 103 Å². The van der Waals surface area contributed by atoms with Crippen LogP contribution in [0.3, 0.4) is 0 Å². The van der Waals surface area contributed by atoms with Gasteiger partial charge < -0.3 is 0 Å². The maximum atomic E-state index is 7.08. The van der Waals surface area contributed by atoms with Crippen molar-refractivity contribution in [2.75, 3.05) is 0 Å². The number of halogens is 1. The van der Waals surface area contributed by atoms with Crippen LogP contribution in [0.15, 0.2) is 116 Å². The minimum atomic E-state index is -0.666. The summed E-state index contributed by atoms with van der Waals surface area (Å²) in [6.45, 7) is 0. The van der Waals surface area contributed by atoms with E-state index in [9.17, 15) is 0 Å². The molecule has 0 saturated heterocycles. The van der Waals surface area contributed by atoms with Crippen LogP contribution in [0.2, 0.25) is 5.15 Å². The fourth-order valence-corrected chi connectivity index (χ4v) is 4.81. The molecule has 5 aromatic rings. The fraction of sp³-hybridized carbons (Fsp3) is 0.0714. The summed E-state index contributed by atoms with van der Waals surface area (Å²) < 4.78 is 1.75. The summed E-state index contributed by atoms with van der Waals surface area (Å²) in [6.07, 6.45) is 3.61. The summed E-state index contributed by atoms with van der Waals surface area (Å²) in [5, 5.41) is 5.47. The zero-order valence-corrected chi connectivity index (χ0v) is 18.4. The van der Waals surface area contributed by atoms with Gasteiger partial charge in [-0.15, -0.1) is 0 Å². The van der Waals surface area contributed by atoms with Gasteiger partial charge in [0.2, 0.25) is 0 Å². The Balaban J connectivity index is 1.98. The van der Waals surface area contributed by atoms with Gasteiger partial charge in [0.25, 0.3) is 0 Å². The van der Waals surface area contributed by atoms with Crippen LogP contribution in [-0.2, 0) is 12.5 Å². The van der Waals surface area contributed by atoms with Gasteiger partial charge in [-0.2, -0.15) is 5.10 Å². The van der Waals surface area contributed by atoms with E-state index in [2.05, 4.69) is 77.8 Å². The van der Waals surface area contributed by atoms with Crippen molar-refractivity contribution in [3.8, 4) is 11.3 Å². The molecular formula is C28H22ClN3. The highest BCUT2D eigenvalue weighted by Gasteiger charge is 2.43. The number of nitrogens with zero attached hydrogens (tertiary/aromatic N) is 3. The highest BCUT2D eigenvalue weighted by Crippen LogP contribution is 2.50. The standard InChI is InChI=1S/C28H22ClN3/c1-32-27(29)25(26(31-32)21-12-11-19-30-20-21)28(22-13-5-2-6-14-22,23-15-7-3-8-16-23)24-17-9-4-10-18-24/h2-20H,1H3. The molecule has 0 aliphatic carbocycles. The summed E-state index contributed by atoms with van der Waals surface area (Å²) in [6, 6.07) is 35.5. The number of aromatic nitrogens is 3. The van der Waals surface area contributed by atoms with Crippen molar-refractivity contribution in [1.82, 2.24) is 14.8 Å². The number of pyridine rings is 1. The van der Waals surface area contributed by atoms with Crippen LogP contribution in [-0.4, -0.2) is 14.8 Å². The van der Waals surface area contributed by atoms with Crippen molar-refractivity contribution in [3.05, 3.63) is 143 Å². The Hall–Kier alpha value is -3.69. The summed E-state index contributed by atoms with van der Waals surface area (Å²) in [5.74, 6) is 0. The van der Waals surface area contributed by atoms with E-state index in [1.54, 1.807) is 10.9 Å². The average Bonchev–Trinajstić information content (AvgIpc) is 3.17. The van der Waals surface area contributed by atoms with Crippen LogP contribution in [0.5, 0.6) is 0 Å². The van der Waals surface area contributed by atoms with Gasteiger partial charge in [0, 0.05) is 30.6 Å². The monoisotopic (exact) mass is 435 g/mol. The van der Waals surface area contributed by atoms with E-state index in [4.69, 9.17) is 16.7 Å². The molecule has 32 heavy (non-hydrogen) atoms. The predicted molar refractivity (Wildman–Crippen MR) is 130 cm³/mol. The van der Waals surface area contributed by atoms with Gasteiger partial charge >= 0.3 is 0 Å². The molecule has 0 saturated carbocycles. The Bertz CT molecular complexity index is 1220. The zero-order valence-electron chi connectivity index (χ0n) is 17.7. The molecule has 0 radical (unpaired) electrons. The molecule has 0 spiro atoms. The summed E-state index contributed by atoms with van der Waals surface area (Å²) in [5.41, 5.74) is 5.39. The van der Waals surface area contributed by atoms with Crippen LogP contribution in [0.1, 0.15) is 22.3 Å². The topological polar surface area (TPSA) is 30.7 Å². The second kappa shape index (κ2) is 8.45. The van der Waals surface area contributed by atoms with E-state index in [-0.39, 0.29) is 0 Å². The Morgan fingerprint density at radius 3 is 1.62 bits per heavy atom. The lowest BCUT2D eigenvalue weighted by Gasteiger charge is -2.36. The molecule has 0 bridgehead atoms. The quantitative estimate of drug-likeness (QED) is 0.294. The molecule has 2 heterocycles. The van der Waals surface area contributed by atoms with Crippen LogP contribution >= 0.6 is 11.6 Å². The lowest BCUT2D eigenvalue weighted by atomic mass is 9.65. The summed E-state index contributed by atoms with van der Waals surface area (Å²) >= 11 is 7.08. The van der Waals surface area contributed by atoms with Crippen molar-refractivity contribution in [3.63, 3.8) is 0 Å². The first kappa shape index (κ1) is 20.2. The number of hydrogen-bond donors (Lipinski definition) is 0. The van der Waals surface area contributed by atoms with E-state index < -0.39 is 5.41 Å². The zero-order chi connectivity index (χ0) is 22.0. The van der Waals surface area contributed by atoms with Gasteiger partial charge in [-0.25, -0.2) is 0 Å². The molecule has 0 unspecified atom stereocenters. The summed E-state index contributed by atoms with van der Waals surface area (Å²) in [7, 11) is 1.89. The SMILES string of the molecule is Cn1nc(-c2cccnc2)c(C(c2ccccc2)(c2ccccc2)c2ccccc2)c1Cl.